The number of hydrogen-bond donors (Lipinski definition) is 1. The first-order chi connectivity index (χ1) is 8.69. The van der Waals surface area contributed by atoms with Crippen LogP contribution < -0.4 is 5.73 Å². The highest BCUT2D eigenvalue weighted by Gasteiger charge is 2.38. The minimum Gasteiger partial charge on any atom is -0.379 e. The van der Waals surface area contributed by atoms with E-state index in [-0.39, 0.29) is 0 Å². The Bertz CT molecular complexity index is 559. The van der Waals surface area contributed by atoms with Crippen LogP contribution in [0.3, 0.4) is 0 Å². The molecule has 5 heteroatoms. The molecule has 0 saturated carbocycles. The van der Waals surface area contributed by atoms with E-state index < -0.39 is 5.54 Å². The fraction of sp³-hybridized carbons (Fsp3) is 0.385. The molecule has 18 heavy (non-hydrogen) atoms. The summed E-state index contributed by atoms with van der Waals surface area (Å²) in [4.78, 5) is 4.41. The standard InChI is InChI=1S/C13H15N3O2/c1-9-4-2-3-5-10(9)11-15-12(18-16-11)13(14)6-7-17-8-13/h2-5H,6-8,14H2,1H3. The van der Waals surface area contributed by atoms with Crippen molar-refractivity contribution in [2.75, 3.05) is 13.2 Å². The Morgan fingerprint density at radius 3 is 2.89 bits per heavy atom. The highest BCUT2D eigenvalue weighted by Crippen LogP contribution is 2.28. The summed E-state index contributed by atoms with van der Waals surface area (Å²) in [5.74, 6) is 1.04. The Hall–Kier alpha value is -1.72. The van der Waals surface area contributed by atoms with Crippen molar-refractivity contribution in [1.82, 2.24) is 10.1 Å². The maximum absolute atomic E-state index is 6.19. The van der Waals surface area contributed by atoms with Gasteiger partial charge in [0.25, 0.3) is 0 Å². The van der Waals surface area contributed by atoms with E-state index >= 15 is 0 Å². The van der Waals surface area contributed by atoms with Crippen molar-refractivity contribution in [3.63, 3.8) is 0 Å². The molecule has 1 atom stereocenters. The van der Waals surface area contributed by atoms with Gasteiger partial charge in [0.1, 0.15) is 5.54 Å². The van der Waals surface area contributed by atoms with Gasteiger partial charge >= 0.3 is 0 Å². The fourth-order valence-electron chi connectivity index (χ4n) is 2.11. The predicted molar refractivity (Wildman–Crippen MR) is 65.8 cm³/mol. The van der Waals surface area contributed by atoms with E-state index in [2.05, 4.69) is 10.1 Å². The minimum atomic E-state index is -0.631. The fourth-order valence-corrected chi connectivity index (χ4v) is 2.11. The van der Waals surface area contributed by atoms with Gasteiger partial charge in [-0.15, -0.1) is 0 Å². The number of rotatable bonds is 2. The van der Waals surface area contributed by atoms with Gasteiger partial charge in [-0.25, -0.2) is 0 Å². The van der Waals surface area contributed by atoms with E-state index in [0.29, 0.717) is 31.3 Å². The average Bonchev–Trinajstić information content (AvgIpc) is 2.99. The molecule has 3 rings (SSSR count). The van der Waals surface area contributed by atoms with Crippen LogP contribution in [-0.4, -0.2) is 23.4 Å². The van der Waals surface area contributed by atoms with Crippen molar-refractivity contribution < 1.29 is 9.26 Å². The Labute approximate surface area is 105 Å². The van der Waals surface area contributed by atoms with Gasteiger partial charge in [0, 0.05) is 12.2 Å². The smallest absolute Gasteiger partial charge is 0.249 e. The Morgan fingerprint density at radius 1 is 1.33 bits per heavy atom. The molecular formula is C13H15N3O2. The second-order valence-corrected chi connectivity index (χ2v) is 4.70. The summed E-state index contributed by atoms with van der Waals surface area (Å²) in [6, 6.07) is 7.92. The molecule has 1 aromatic carbocycles. The van der Waals surface area contributed by atoms with Crippen molar-refractivity contribution in [1.29, 1.82) is 0 Å². The molecule has 1 unspecified atom stereocenters. The van der Waals surface area contributed by atoms with E-state index in [1.54, 1.807) is 0 Å². The van der Waals surface area contributed by atoms with Gasteiger partial charge in [-0.1, -0.05) is 29.4 Å². The Kier molecular flexibility index (Phi) is 2.65. The van der Waals surface area contributed by atoms with Crippen molar-refractivity contribution in [2.45, 2.75) is 18.9 Å². The zero-order valence-electron chi connectivity index (χ0n) is 10.2. The average molecular weight is 245 g/mol. The molecule has 1 fully saturated rings. The number of benzene rings is 1. The Morgan fingerprint density at radius 2 is 2.17 bits per heavy atom. The molecule has 1 aromatic heterocycles. The van der Waals surface area contributed by atoms with Gasteiger partial charge in [-0.05, 0) is 18.9 Å². The lowest BCUT2D eigenvalue weighted by Gasteiger charge is -2.15. The zero-order chi connectivity index (χ0) is 12.6. The molecule has 0 spiro atoms. The maximum atomic E-state index is 6.19. The molecule has 2 heterocycles. The topological polar surface area (TPSA) is 74.2 Å². The minimum absolute atomic E-state index is 0.433. The van der Waals surface area contributed by atoms with Crippen LogP contribution in [-0.2, 0) is 10.3 Å². The van der Waals surface area contributed by atoms with Crippen LogP contribution in [0.5, 0.6) is 0 Å². The first-order valence-electron chi connectivity index (χ1n) is 5.96. The summed E-state index contributed by atoms with van der Waals surface area (Å²) in [6.07, 6.45) is 0.711. The van der Waals surface area contributed by atoms with E-state index in [0.717, 1.165) is 11.1 Å². The van der Waals surface area contributed by atoms with Crippen molar-refractivity contribution in [3.05, 3.63) is 35.7 Å². The molecule has 0 amide bonds. The lowest BCUT2D eigenvalue weighted by molar-refractivity contribution is 0.166. The lowest BCUT2D eigenvalue weighted by Crippen LogP contribution is -2.37. The number of hydrogen-bond acceptors (Lipinski definition) is 5. The van der Waals surface area contributed by atoms with Gasteiger partial charge in [-0.2, -0.15) is 4.98 Å². The first kappa shape index (κ1) is 11.4. The molecule has 0 radical (unpaired) electrons. The van der Waals surface area contributed by atoms with E-state index in [4.69, 9.17) is 15.0 Å². The summed E-state index contributed by atoms with van der Waals surface area (Å²) < 4.78 is 10.6. The number of nitrogens with two attached hydrogens (primary N) is 1. The third kappa shape index (κ3) is 1.81. The van der Waals surface area contributed by atoms with E-state index in [9.17, 15) is 0 Å². The van der Waals surface area contributed by atoms with Crippen LogP contribution in [0.1, 0.15) is 17.9 Å². The normalized spacial score (nSPS) is 23.4. The van der Waals surface area contributed by atoms with E-state index in [1.165, 1.54) is 0 Å². The zero-order valence-corrected chi connectivity index (χ0v) is 10.2. The third-order valence-electron chi connectivity index (χ3n) is 3.29. The van der Waals surface area contributed by atoms with Crippen LogP contribution in [0.15, 0.2) is 28.8 Å². The van der Waals surface area contributed by atoms with E-state index in [1.807, 2.05) is 31.2 Å². The van der Waals surface area contributed by atoms with Gasteiger partial charge in [0.2, 0.25) is 11.7 Å². The molecule has 0 aliphatic carbocycles. The largest absolute Gasteiger partial charge is 0.379 e. The number of ether oxygens (including phenoxy) is 1. The maximum Gasteiger partial charge on any atom is 0.249 e. The number of nitrogens with zero attached hydrogens (tertiary/aromatic N) is 2. The predicted octanol–water partition coefficient (Wildman–Crippen LogP) is 1.62. The van der Waals surface area contributed by atoms with Gasteiger partial charge < -0.3 is 15.0 Å². The SMILES string of the molecule is Cc1ccccc1-c1noc(C2(N)CCOC2)n1. The monoisotopic (exact) mass is 245 g/mol. The molecule has 1 aliphatic heterocycles. The molecule has 5 nitrogen and oxygen atoms in total. The molecule has 1 aliphatic rings. The van der Waals surface area contributed by atoms with Crippen LogP contribution in [0.25, 0.3) is 11.4 Å². The van der Waals surface area contributed by atoms with Crippen molar-refractivity contribution in [3.8, 4) is 11.4 Å². The lowest BCUT2D eigenvalue weighted by atomic mass is 10.0. The summed E-state index contributed by atoms with van der Waals surface area (Å²) in [5.41, 5.74) is 7.63. The summed E-state index contributed by atoms with van der Waals surface area (Å²) in [5, 5.41) is 4.02. The molecule has 0 bridgehead atoms. The molecule has 2 N–H and O–H groups in total. The van der Waals surface area contributed by atoms with Crippen LogP contribution in [0.4, 0.5) is 0 Å². The third-order valence-corrected chi connectivity index (χ3v) is 3.29. The second-order valence-electron chi connectivity index (χ2n) is 4.70. The summed E-state index contributed by atoms with van der Waals surface area (Å²) >= 11 is 0. The molecule has 94 valence electrons. The number of aryl methyl sites for hydroxylation is 1. The second kappa shape index (κ2) is 4.19. The summed E-state index contributed by atoms with van der Waals surface area (Å²) in [7, 11) is 0. The molecule has 2 aromatic rings. The van der Waals surface area contributed by atoms with Crippen molar-refractivity contribution >= 4 is 0 Å². The highest BCUT2D eigenvalue weighted by atomic mass is 16.5. The van der Waals surface area contributed by atoms with Gasteiger partial charge in [0.15, 0.2) is 0 Å². The van der Waals surface area contributed by atoms with Crippen LogP contribution in [0, 0.1) is 6.92 Å². The number of aromatic nitrogens is 2. The van der Waals surface area contributed by atoms with Gasteiger partial charge in [0.05, 0.1) is 6.61 Å². The summed E-state index contributed by atoms with van der Waals surface area (Å²) in [6.45, 7) is 3.09. The van der Waals surface area contributed by atoms with Crippen LogP contribution >= 0.6 is 0 Å². The Balaban J connectivity index is 1.97. The molecule has 1 saturated heterocycles. The first-order valence-corrected chi connectivity index (χ1v) is 5.96. The molecular weight excluding hydrogens is 230 g/mol. The van der Waals surface area contributed by atoms with Crippen LogP contribution in [0.2, 0.25) is 0 Å². The quantitative estimate of drug-likeness (QED) is 0.870. The highest BCUT2D eigenvalue weighted by molar-refractivity contribution is 5.59. The van der Waals surface area contributed by atoms with Gasteiger partial charge in [-0.3, -0.25) is 0 Å². The van der Waals surface area contributed by atoms with Crippen molar-refractivity contribution in [2.24, 2.45) is 5.73 Å².